The largest absolute Gasteiger partial charge is 0.361 e. The molecule has 1 aliphatic heterocycles. The molecule has 18 heavy (non-hydrogen) atoms. The number of hydrogen-bond donors (Lipinski definition) is 1. The van der Waals surface area contributed by atoms with Gasteiger partial charge in [0.2, 0.25) is 5.91 Å². The van der Waals surface area contributed by atoms with Crippen molar-refractivity contribution in [2.24, 2.45) is 5.41 Å². The molecule has 1 amide bonds. The summed E-state index contributed by atoms with van der Waals surface area (Å²) in [5.41, 5.74) is 0.529. The number of nitrogens with one attached hydrogen (secondary N) is 1. The number of rotatable bonds is 3. The van der Waals surface area contributed by atoms with Crippen molar-refractivity contribution in [2.45, 2.75) is 26.8 Å². The second kappa shape index (κ2) is 5.71. The minimum atomic E-state index is -0.270. The predicted octanol–water partition coefficient (Wildman–Crippen LogP) is 1.36. The maximum absolute atomic E-state index is 12.3. The van der Waals surface area contributed by atoms with Crippen LogP contribution in [0.5, 0.6) is 0 Å². The van der Waals surface area contributed by atoms with Gasteiger partial charge in [-0.15, -0.1) is 12.4 Å². The van der Waals surface area contributed by atoms with E-state index < -0.39 is 0 Å². The zero-order valence-electron chi connectivity index (χ0n) is 11.0. The quantitative estimate of drug-likeness (QED) is 0.904. The molecule has 0 radical (unpaired) electrons. The highest BCUT2D eigenvalue weighted by atomic mass is 35.5. The van der Waals surface area contributed by atoms with Crippen LogP contribution < -0.4 is 5.32 Å². The summed E-state index contributed by atoms with van der Waals surface area (Å²) in [7, 11) is 1.82. The topological polar surface area (TPSA) is 58.4 Å². The third-order valence-corrected chi connectivity index (χ3v) is 3.31. The van der Waals surface area contributed by atoms with Gasteiger partial charge in [0.1, 0.15) is 11.5 Å². The normalized spacial score (nSPS) is 22.6. The molecule has 5 nitrogen and oxygen atoms in total. The summed E-state index contributed by atoms with van der Waals surface area (Å²) < 4.78 is 5.00. The third kappa shape index (κ3) is 3.03. The number of aromatic nitrogens is 1. The number of nitrogens with zero attached hydrogens (tertiary/aromatic N) is 2. The Kier molecular flexibility index (Phi) is 4.76. The fourth-order valence-corrected chi connectivity index (χ4v) is 2.27. The van der Waals surface area contributed by atoms with Crippen molar-refractivity contribution >= 4 is 18.3 Å². The first-order valence-electron chi connectivity index (χ1n) is 5.90. The minimum absolute atomic E-state index is 0. The first-order chi connectivity index (χ1) is 8.01. The van der Waals surface area contributed by atoms with Gasteiger partial charge in [-0.1, -0.05) is 5.16 Å². The summed E-state index contributed by atoms with van der Waals surface area (Å²) in [6.45, 7) is 6.04. The number of halogens is 1. The van der Waals surface area contributed by atoms with Crippen LogP contribution in [0.3, 0.4) is 0 Å². The van der Waals surface area contributed by atoms with Crippen molar-refractivity contribution in [3.63, 3.8) is 0 Å². The average Bonchev–Trinajstić information content (AvgIpc) is 2.88. The molecule has 0 spiro atoms. The Morgan fingerprint density at radius 2 is 2.39 bits per heavy atom. The minimum Gasteiger partial charge on any atom is -0.361 e. The Morgan fingerprint density at radius 3 is 2.89 bits per heavy atom. The monoisotopic (exact) mass is 273 g/mol. The first-order valence-corrected chi connectivity index (χ1v) is 5.90. The van der Waals surface area contributed by atoms with Gasteiger partial charge in [0.25, 0.3) is 0 Å². The number of aryl methyl sites for hydroxylation is 1. The van der Waals surface area contributed by atoms with Crippen LogP contribution in [0, 0.1) is 12.3 Å². The summed E-state index contributed by atoms with van der Waals surface area (Å²) in [5.74, 6) is 0.942. The van der Waals surface area contributed by atoms with Crippen LogP contribution >= 0.6 is 12.4 Å². The second-order valence-electron chi connectivity index (χ2n) is 5.08. The van der Waals surface area contributed by atoms with E-state index in [1.165, 1.54) is 0 Å². The molecule has 1 aliphatic rings. The van der Waals surface area contributed by atoms with E-state index in [9.17, 15) is 4.79 Å². The molecule has 0 aromatic carbocycles. The summed E-state index contributed by atoms with van der Waals surface area (Å²) in [5, 5.41) is 7.14. The SMILES string of the molecule is Cc1cc(CN(C)C(=O)C2(C)CCNC2)no1.Cl. The van der Waals surface area contributed by atoms with E-state index in [1.807, 2.05) is 27.0 Å². The van der Waals surface area contributed by atoms with Crippen molar-refractivity contribution in [1.82, 2.24) is 15.4 Å². The predicted molar refractivity (Wildman–Crippen MR) is 70.6 cm³/mol. The highest BCUT2D eigenvalue weighted by Crippen LogP contribution is 2.27. The van der Waals surface area contributed by atoms with E-state index in [4.69, 9.17) is 4.52 Å². The van der Waals surface area contributed by atoms with Gasteiger partial charge in [0, 0.05) is 19.7 Å². The Hall–Kier alpha value is -1.07. The Labute approximate surface area is 113 Å². The molecule has 1 fully saturated rings. The van der Waals surface area contributed by atoms with Crippen LogP contribution in [0.4, 0.5) is 0 Å². The molecule has 0 aliphatic carbocycles. The van der Waals surface area contributed by atoms with Crippen molar-refractivity contribution in [1.29, 1.82) is 0 Å². The zero-order chi connectivity index (χ0) is 12.5. The second-order valence-corrected chi connectivity index (χ2v) is 5.08. The van der Waals surface area contributed by atoms with Gasteiger partial charge in [0.15, 0.2) is 0 Å². The lowest BCUT2D eigenvalue weighted by molar-refractivity contribution is -0.139. The molecule has 1 atom stereocenters. The summed E-state index contributed by atoms with van der Waals surface area (Å²) in [6.07, 6.45) is 0.897. The van der Waals surface area contributed by atoms with Gasteiger partial charge in [-0.2, -0.15) is 0 Å². The van der Waals surface area contributed by atoms with E-state index in [2.05, 4.69) is 10.5 Å². The molecule has 2 rings (SSSR count). The molecule has 102 valence electrons. The molecule has 1 N–H and O–H groups in total. The molecule has 1 aromatic rings. The van der Waals surface area contributed by atoms with Crippen molar-refractivity contribution in [3.05, 3.63) is 17.5 Å². The lowest BCUT2D eigenvalue weighted by Crippen LogP contribution is -2.41. The smallest absolute Gasteiger partial charge is 0.229 e. The summed E-state index contributed by atoms with van der Waals surface area (Å²) in [4.78, 5) is 14.0. The van der Waals surface area contributed by atoms with Crippen molar-refractivity contribution < 1.29 is 9.32 Å². The molecule has 6 heteroatoms. The van der Waals surface area contributed by atoms with Crippen LogP contribution in [0.25, 0.3) is 0 Å². The highest BCUT2D eigenvalue weighted by molar-refractivity contribution is 5.85. The van der Waals surface area contributed by atoms with Crippen molar-refractivity contribution in [2.75, 3.05) is 20.1 Å². The molecule has 1 aromatic heterocycles. The molecular weight excluding hydrogens is 254 g/mol. The van der Waals surface area contributed by atoms with E-state index in [1.54, 1.807) is 4.90 Å². The van der Waals surface area contributed by atoms with E-state index in [0.717, 1.165) is 31.0 Å². The van der Waals surface area contributed by atoms with E-state index >= 15 is 0 Å². The van der Waals surface area contributed by atoms with Crippen LogP contribution in [0.1, 0.15) is 24.8 Å². The third-order valence-electron chi connectivity index (χ3n) is 3.31. The molecule has 0 bridgehead atoms. The van der Waals surface area contributed by atoms with Gasteiger partial charge >= 0.3 is 0 Å². The van der Waals surface area contributed by atoms with Crippen molar-refractivity contribution in [3.8, 4) is 0 Å². The van der Waals surface area contributed by atoms with Gasteiger partial charge in [-0.05, 0) is 26.8 Å². The van der Waals surface area contributed by atoms with E-state index in [0.29, 0.717) is 6.54 Å². The lowest BCUT2D eigenvalue weighted by Gasteiger charge is -2.27. The number of carbonyl (C=O) groups is 1. The standard InChI is InChI=1S/C12H19N3O2.ClH/c1-9-6-10(14-17-9)7-15(3)11(16)12(2)4-5-13-8-12;/h6,13H,4-5,7-8H2,1-3H3;1H. The van der Waals surface area contributed by atoms with Gasteiger partial charge in [-0.3, -0.25) is 4.79 Å². The Balaban J connectivity index is 0.00000162. The Bertz CT molecular complexity index is 413. The molecule has 1 saturated heterocycles. The fraction of sp³-hybridized carbons (Fsp3) is 0.667. The van der Waals surface area contributed by atoms with Gasteiger partial charge in [0.05, 0.1) is 12.0 Å². The summed E-state index contributed by atoms with van der Waals surface area (Å²) >= 11 is 0. The zero-order valence-corrected chi connectivity index (χ0v) is 11.8. The van der Waals surface area contributed by atoms with Crippen LogP contribution in [0.15, 0.2) is 10.6 Å². The summed E-state index contributed by atoms with van der Waals surface area (Å²) in [6, 6.07) is 1.86. The lowest BCUT2D eigenvalue weighted by atomic mass is 9.88. The average molecular weight is 274 g/mol. The number of hydrogen-bond acceptors (Lipinski definition) is 4. The number of carbonyl (C=O) groups excluding carboxylic acids is 1. The molecule has 1 unspecified atom stereocenters. The number of amides is 1. The molecule has 0 saturated carbocycles. The maximum Gasteiger partial charge on any atom is 0.229 e. The molecule has 2 heterocycles. The van der Waals surface area contributed by atoms with Crippen LogP contribution in [-0.4, -0.2) is 36.1 Å². The van der Waals surface area contributed by atoms with Crippen LogP contribution in [-0.2, 0) is 11.3 Å². The Morgan fingerprint density at radius 1 is 1.67 bits per heavy atom. The molecular formula is C12H20ClN3O2. The first kappa shape index (κ1) is 15.0. The van der Waals surface area contributed by atoms with E-state index in [-0.39, 0.29) is 23.7 Å². The highest BCUT2D eigenvalue weighted by Gasteiger charge is 2.38. The maximum atomic E-state index is 12.3. The van der Waals surface area contributed by atoms with Gasteiger partial charge < -0.3 is 14.7 Å². The van der Waals surface area contributed by atoms with Crippen LogP contribution in [0.2, 0.25) is 0 Å². The van der Waals surface area contributed by atoms with Gasteiger partial charge in [-0.25, -0.2) is 0 Å². The fourth-order valence-electron chi connectivity index (χ4n) is 2.27.